The molecule has 0 atom stereocenters. The molecule has 1 aromatic carbocycles. The quantitative estimate of drug-likeness (QED) is 0.802. The van der Waals surface area contributed by atoms with Crippen LogP contribution in [0.1, 0.15) is 32.8 Å². The maximum Gasteiger partial charge on any atom is 0.0702 e. The molecule has 0 amide bonds. The van der Waals surface area contributed by atoms with Crippen molar-refractivity contribution in [2.45, 2.75) is 39.8 Å². The molecule has 0 bridgehead atoms. The van der Waals surface area contributed by atoms with E-state index < -0.39 is 0 Å². The van der Waals surface area contributed by atoms with Gasteiger partial charge in [0.2, 0.25) is 0 Å². The van der Waals surface area contributed by atoms with Gasteiger partial charge < -0.3 is 10.0 Å². The van der Waals surface area contributed by atoms with Crippen molar-refractivity contribution in [3.8, 4) is 0 Å². The van der Waals surface area contributed by atoms with Crippen LogP contribution < -0.4 is 4.90 Å². The van der Waals surface area contributed by atoms with Gasteiger partial charge in [0.1, 0.15) is 0 Å². The van der Waals surface area contributed by atoms with Gasteiger partial charge in [0.25, 0.3) is 0 Å². The summed E-state index contributed by atoms with van der Waals surface area (Å²) >= 11 is 0. The van der Waals surface area contributed by atoms with Gasteiger partial charge in [-0.05, 0) is 26.3 Å². The average molecular weight is 207 g/mol. The maximum absolute atomic E-state index is 9.29. The predicted octanol–water partition coefficient (Wildman–Crippen LogP) is 2.80. The van der Waals surface area contributed by atoms with E-state index in [0.717, 1.165) is 24.2 Å². The number of aliphatic hydroxyl groups excluding tert-OH is 1. The molecular formula is C13H21NO. The number of anilines is 1. The van der Waals surface area contributed by atoms with E-state index >= 15 is 0 Å². The fourth-order valence-corrected chi connectivity index (χ4v) is 1.82. The Bertz CT molecular complexity index is 296. The van der Waals surface area contributed by atoms with Gasteiger partial charge in [-0.3, -0.25) is 0 Å². The van der Waals surface area contributed by atoms with E-state index in [-0.39, 0.29) is 6.61 Å². The van der Waals surface area contributed by atoms with Crippen molar-refractivity contribution in [3.63, 3.8) is 0 Å². The standard InChI is InChI=1S/C13H21NO/c1-4-9-14(11(2)3)13-8-6-5-7-12(13)10-15/h5-8,11,15H,4,9-10H2,1-3H3. The molecule has 2 nitrogen and oxygen atoms in total. The SMILES string of the molecule is CCCN(c1ccccc1CO)C(C)C. The molecule has 0 spiro atoms. The molecular weight excluding hydrogens is 186 g/mol. The lowest BCUT2D eigenvalue weighted by atomic mass is 10.1. The Morgan fingerprint density at radius 3 is 2.47 bits per heavy atom. The Morgan fingerprint density at radius 1 is 1.27 bits per heavy atom. The van der Waals surface area contributed by atoms with Crippen LogP contribution >= 0.6 is 0 Å². The van der Waals surface area contributed by atoms with E-state index in [1.54, 1.807) is 0 Å². The Kier molecular flexibility index (Phi) is 4.63. The zero-order chi connectivity index (χ0) is 11.3. The van der Waals surface area contributed by atoms with Crippen molar-refractivity contribution >= 4 is 5.69 Å². The van der Waals surface area contributed by atoms with Gasteiger partial charge >= 0.3 is 0 Å². The van der Waals surface area contributed by atoms with Gasteiger partial charge in [-0.15, -0.1) is 0 Å². The third-order valence-corrected chi connectivity index (χ3v) is 2.56. The highest BCUT2D eigenvalue weighted by Gasteiger charge is 2.12. The highest BCUT2D eigenvalue weighted by atomic mass is 16.3. The van der Waals surface area contributed by atoms with Crippen molar-refractivity contribution < 1.29 is 5.11 Å². The monoisotopic (exact) mass is 207 g/mol. The zero-order valence-electron chi connectivity index (χ0n) is 9.90. The fourth-order valence-electron chi connectivity index (χ4n) is 1.82. The van der Waals surface area contributed by atoms with Crippen LogP contribution in [0.5, 0.6) is 0 Å². The number of rotatable bonds is 5. The molecule has 84 valence electrons. The van der Waals surface area contributed by atoms with Gasteiger partial charge in [0, 0.05) is 23.8 Å². The van der Waals surface area contributed by atoms with Gasteiger partial charge in [-0.1, -0.05) is 25.1 Å². The lowest BCUT2D eigenvalue weighted by Gasteiger charge is -2.30. The van der Waals surface area contributed by atoms with Crippen LogP contribution in [0, 0.1) is 0 Å². The number of para-hydroxylation sites is 1. The second-order valence-electron chi connectivity index (χ2n) is 4.07. The highest BCUT2D eigenvalue weighted by molar-refractivity contribution is 5.53. The summed E-state index contributed by atoms with van der Waals surface area (Å²) in [5, 5.41) is 9.29. The summed E-state index contributed by atoms with van der Waals surface area (Å²) in [5.41, 5.74) is 2.18. The van der Waals surface area contributed by atoms with Gasteiger partial charge in [-0.25, -0.2) is 0 Å². The predicted molar refractivity (Wildman–Crippen MR) is 65.1 cm³/mol. The van der Waals surface area contributed by atoms with Crippen LogP contribution in [0.4, 0.5) is 5.69 Å². The number of nitrogens with zero attached hydrogens (tertiary/aromatic N) is 1. The Balaban J connectivity index is 2.98. The van der Waals surface area contributed by atoms with Crippen LogP contribution in [0.3, 0.4) is 0 Å². The second kappa shape index (κ2) is 5.76. The minimum absolute atomic E-state index is 0.114. The number of benzene rings is 1. The molecule has 2 heteroatoms. The van der Waals surface area contributed by atoms with E-state index in [1.807, 2.05) is 18.2 Å². The number of aliphatic hydroxyl groups is 1. The van der Waals surface area contributed by atoms with Crippen LogP contribution in [-0.4, -0.2) is 17.7 Å². The molecule has 1 rings (SSSR count). The number of hydrogen-bond acceptors (Lipinski definition) is 2. The Morgan fingerprint density at radius 2 is 1.93 bits per heavy atom. The van der Waals surface area contributed by atoms with Gasteiger partial charge in [0.05, 0.1) is 6.61 Å². The van der Waals surface area contributed by atoms with Crippen molar-refractivity contribution in [2.75, 3.05) is 11.4 Å². The molecule has 0 saturated heterocycles. The third-order valence-electron chi connectivity index (χ3n) is 2.56. The minimum atomic E-state index is 0.114. The zero-order valence-corrected chi connectivity index (χ0v) is 9.90. The van der Waals surface area contributed by atoms with Crippen LogP contribution in [0.15, 0.2) is 24.3 Å². The summed E-state index contributed by atoms with van der Waals surface area (Å²) in [4.78, 5) is 2.34. The lowest BCUT2D eigenvalue weighted by Crippen LogP contribution is -2.32. The van der Waals surface area contributed by atoms with Crippen LogP contribution in [0.25, 0.3) is 0 Å². The molecule has 1 N–H and O–H groups in total. The summed E-state index contributed by atoms with van der Waals surface area (Å²) in [7, 11) is 0. The molecule has 1 aromatic rings. The molecule has 0 fully saturated rings. The maximum atomic E-state index is 9.29. The Labute approximate surface area is 92.5 Å². The molecule has 0 radical (unpaired) electrons. The first-order valence-electron chi connectivity index (χ1n) is 5.66. The summed E-state index contributed by atoms with van der Waals surface area (Å²) in [5.74, 6) is 0. The molecule has 15 heavy (non-hydrogen) atoms. The number of hydrogen-bond donors (Lipinski definition) is 1. The topological polar surface area (TPSA) is 23.5 Å². The second-order valence-corrected chi connectivity index (χ2v) is 4.07. The summed E-state index contributed by atoms with van der Waals surface area (Å²) in [6, 6.07) is 8.54. The third kappa shape index (κ3) is 2.96. The molecule has 0 aliphatic carbocycles. The highest BCUT2D eigenvalue weighted by Crippen LogP contribution is 2.22. The molecule has 0 saturated carbocycles. The molecule has 0 unspecified atom stereocenters. The van der Waals surface area contributed by atoms with Gasteiger partial charge in [-0.2, -0.15) is 0 Å². The first kappa shape index (κ1) is 12.1. The smallest absolute Gasteiger partial charge is 0.0702 e. The van der Waals surface area contributed by atoms with Gasteiger partial charge in [0.15, 0.2) is 0 Å². The summed E-state index contributed by atoms with van der Waals surface area (Å²) in [6.07, 6.45) is 1.12. The van der Waals surface area contributed by atoms with E-state index in [0.29, 0.717) is 6.04 Å². The first-order chi connectivity index (χ1) is 7.20. The Hall–Kier alpha value is -1.02. The van der Waals surface area contributed by atoms with E-state index in [4.69, 9.17) is 0 Å². The first-order valence-corrected chi connectivity index (χ1v) is 5.66. The summed E-state index contributed by atoms with van der Waals surface area (Å²) in [6.45, 7) is 7.70. The fraction of sp³-hybridized carbons (Fsp3) is 0.538. The van der Waals surface area contributed by atoms with E-state index in [1.165, 1.54) is 0 Å². The average Bonchev–Trinajstić information content (AvgIpc) is 2.25. The summed E-state index contributed by atoms with van der Waals surface area (Å²) < 4.78 is 0. The van der Waals surface area contributed by atoms with Crippen LogP contribution in [0.2, 0.25) is 0 Å². The molecule has 0 aliphatic heterocycles. The molecule has 0 aliphatic rings. The molecule has 0 aromatic heterocycles. The largest absolute Gasteiger partial charge is 0.392 e. The minimum Gasteiger partial charge on any atom is -0.392 e. The van der Waals surface area contributed by atoms with E-state index in [2.05, 4.69) is 31.7 Å². The van der Waals surface area contributed by atoms with Crippen molar-refractivity contribution in [1.82, 2.24) is 0 Å². The van der Waals surface area contributed by atoms with Crippen molar-refractivity contribution in [2.24, 2.45) is 0 Å². The normalized spacial score (nSPS) is 10.7. The van der Waals surface area contributed by atoms with Crippen molar-refractivity contribution in [3.05, 3.63) is 29.8 Å². The lowest BCUT2D eigenvalue weighted by molar-refractivity contribution is 0.282. The van der Waals surface area contributed by atoms with Crippen LogP contribution in [-0.2, 0) is 6.61 Å². The van der Waals surface area contributed by atoms with Crippen molar-refractivity contribution in [1.29, 1.82) is 0 Å². The van der Waals surface area contributed by atoms with E-state index in [9.17, 15) is 5.11 Å². The molecule has 0 heterocycles.